The number of hydrogen-bond acceptors (Lipinski definition) is 6. The Hall–Kier alpha value is -5.19. The number of aliphatic imine (C=N–C) groups is 1. The summed E-state index contributed by atoms with van der Waals surface area (Å²) >= 11 is 0. The van der Waals surface area contributed by atoms with Gasteiger partial charge in [-0.3, -0.25) is 4.90 Å². The molecule has 0 aromatic heterocycles. The first-order valence-corrected chi connectivity index (χ1v) is 17.6. The zero-order valence-electron chi connectivity index (χ0n) is 31.1. The van der Waals surface area contributed by atoms with E-state index in [-0.39, 0.29) is 17.9 Å². The minimum atomic E-state index is -0.851. The van der Waals surface area contributed by atoms with Gasteiger partial charge in [-0.2, -0.15) is 5.10 Å². The smallest absolute Gasteiger partial charge is 0.437 e. The molecule has 1 fully saturated rings. The molecule has 3 aromatic rings. The van der Waals surface area contributed by atoms with Crippen LogP contribution in [0.5, 0.6) is 0 Å². The van der Waals surface area contributed by atoms with Crippen molar-refractivity contribution in [1.29, 1.82) is 0 Å². The van der Waals surface area contributed by atoms with Crippen molar-refractivity contribution in [2.75, 3.05) is 23.9 Å². The highest BCUT2D eigenvalue weighted by molar-refractivity contribution is 6.14. The molecular formula is C40H50N6O5. The number of benzene rings is 3. The summed E-state index contributed by atoms with van der Waals surface area (Å²) in [5, 5.41) is 6.70. The maximum Gasteiger partial charge on any atom is 0.437 e. The van der Waals surface area contributed by atoms with Gasteiger partial charge in [0.2, 0.25) is 5.96 Å². The molecule has 51 heavy (non-hydrogen) atoms. The normalized spacial score (nSPS) is 15.8. The van der Waals surface area contributed by atoms with Crippen LogP contribution >= 0.6 is 0 Å². The van der Waals surface area contributed by atoms with E-state index in [0.717, 1.165) is 48.2 Å². The van der Waals surface area contributed by atoms with Gasteiger partial charge < -0.3 is 14.4 Å². The van der Waals surface area contributed by atoms with Gasteiger partial charge in [-0.15, -0.1) is 4.99 Å². The Kier molecular flexibility index (Phi) is 11.2. The lowest BCUT2D eigenvalue weighted by Crippen LogP contribution is -2.46. The van der Waals surface area contributed by atoms with Gasteiger partial charge in [-0.05, 0) is 90.3 Å². The van der Waals surface area contributed by atoms with Crippen LogP contribution in [0.2, 0.25) is 0 Å². The van der Waals surface area contributed by atoms with Crippen LogP contribution in [0.25, 0.3) is 0 Å². The minimum Gasteiger partial charge on any atom is -0.443 e. The van der Waals surface area contributed by atoms with Crippen LogP contribution in [0, 0.1) is 5.92 Å². The fourth-order valence-corrected chi connectivity index (χ4v) is 6.21. The van der Waals surface area contributed by atoms with Gasteiger partial charge in [0.05, 0.1) is 23.6 Å². The quantitative estimate of drug-likeness (QED) is 0.195. The van der Waals surface area contributed by atoms with Gasteiger partial charge in [0, 0.05) is 31.3 Å². The number of rotatable bonds is 5. The highest BCUT2D eigenvalue weighted by Gasteiger charge is 2.34. The second-order valence-electron chi connectivity index (χ2n) is 15.0. The van der Waals surface area contributed by atoms with Crippen molar-refractivity contribution in [1.82, 2.24) is 9.91 Å². The van der Waals surface area contributed by atoms with Crippen molar-refractivity contribution in [3.05, 3.63) is 90.0 Å². The first-order chi connectivity index (χ1) is 24.1. The van der Waals surface area contributed by atoms with Crippen molar-refractivity contribution in [2.24, 2.45) is 16.0 Å². The predicted molar refractivity (Wildman–Crippen MR) is 202 cm³/mol. The molecule has 2 aliphatic rings. The molecule has 0 saturated heterocycles. The summed E-state index contributed by atoms with van der Waals surface area (Å²) in [7, 11) is 3.18. The van der Waals surface area contributed by atoms with E-state index in [9.17, 15) is 14.4 Å². The molecule has 1 aliphatic carbocycles. The van der Waals surface area contributed by atoms with Crippen LogP contribution < -0.4 is 9.80 Å². The van der Waals surface area contributed by atoms with Crippen LogP contribution in [0.15, 0.2) is 89.0 Å². The molecule has 5 rings (SSSR count). The number of carbonyl (C=O) groups excluding carboxylic acids is 3. The van der Waals surface area contributed by atoms with Crippen LogP contribution in [0.4, 0.5) is 31.4 Å². The third-order valence-electron chi connectivity index (χ3n) is 8.58. The molecule has 1 aliphatic heterocycles. The number of anilines is 3. The first-order valence-electron chi connectivity index (χ1n) is 17.6. The molecule has 1 heterocycles. The van der Waals surface area contributed by atoms with Crippen molar-refractivity contribution in [2.45, 2.75) is 91.4 Å². The van der Waals surface area contributed by atoms with Crippen molar-refractivity contribution in [3.63, 3.8) is 0 Å². The van der Waals surface area contributed by atoms with Crippen molar-refractivity contribution < 1.29 is 23.9 Å². The summed E-state index contributed by atoms with van der Waals surface area (Å²) in [4.78, 5) is 49.3. The number of hydrogen-bond donors (Lipinski definition) is 0. The zero-order chi connectivity index (χ0) is 36.9. The molecule has 0 spiro atoms. The number of para-hydroxylation sites is 1. The van der Waals surface area contributed by atoms with E-state index in [4.69, 9.17) is 14.6 Å². The molecular weight excluding hydrogens is 644 g/mol. The molecule has 4 amide bonds. The summed E-state index contributed by atoms with van der Waals surface area (Å²) in [6.07, 6.45) is 4.02. The highest BCUT2D eigenvalue weighted by atomic mass is 16.6. The molecule has 0 atom stereocenters. The van der Waals surface area contributed by atoms with E-state index >= 15 is 0 Å². The van der Waals surface area contributed by atoms with E-state index in [1.54, 1.807) is 63.4 Å². The highest BCUT2D eigenvalue weighted by Crippen LogP contribution is 2.38. The molecule has 0 N–H and O–H groups in total. The van der Waals surface area contributed by atoms with Crippen LogP contribution in [0.3, 0.4) is 0 Å². The Balaban J connectivity index is 1.53. The molecule has 0 unspecified atom stereocenters. The predicted octanol–water partition coefficient (Wildman–Crippen LogP) is 9.34. The maximum absolute atomic E-state index is 14.6. The molecule has 11 nitrogen and oxygen atoms in total. The van der Waals surface area contributed by atoms with E-state index in [2.05, 4.69) is 11.1 Å². The van der Waals surface area contributed by atoms with Gasteiger partial charge in [0.15, 0.2) is 0 Å². The lowest BCUT2D eigenvalue weighted by molar-refractivity contribution is 0.0398. The van der Waals surface area contributed by atoms with Gasteiger partial charge in [-0.25, -0.2) is 24.3 Å². The number of guanidine groups is 1. The monoisotopic (exact) mass is 694 g/mol. The maximum atomic E-state index is 14.6. The number of carbonyl (C=O) groups is 3. The molecule has 3 aromatic carbocycles. The molecule has 1 saturated carbocycles. The summed E-state index contributed by atoms with van der Waals surface area (Å²) in [5.41, 5.74) is 3.31. The van der Waals surface area contributed by atoms with Crippen LogP contribution in [-0.2, 0) is 16.0 Å². The van der Waals surface area contributed by atoms with E-state index in [1.165, 1.54) is 18.4 Å². The SMILES string of the molecule is CN(C(=O)OC(C)(C)C)C(=NC(=O)OC(C)(C)C)N(C)c1ccc(N2C(=O)N(Cc3ccccc3)N=C(C3CCCCC3)c3ccccc32)cc1. The lowest BCUT2D eigenvalue weighted by atomic mass is 9.83. The van der Waals surface area contributed by atoms with Crippen LogP contribution in [0.1, 0.15) is 84.8 Å². The third kappa shape index (κ3) is 9.33. The average Bonchev–Trinajstić information content (AvgIpc) is 3.20. The van der Waals surface area contributed by atoms with Crippen molar-refractivity contribution in [3.8, 4) is 0 Å². The van der Waals surface area contributed by atoms with E-state index < -0.39 is 23.4 Å². The molecule has 0 bridgehead atoms. The summed E-state index contributed by atoms with van der Waals surface area (Å²) < 4.78 is 11.0. The lowest BCUT2D eigenvalue weighted by Gasteiger charge is -2.30. The number of ether oxygens (including phenoxy) is 2. The summed E-state index contributed by atoms with van der Waals surface area (Å²) in [6, 6.07) is 24.9. The summed E-state index contributed by atoms with van der Waals surface area (Å²) in [6.45, 7) is 10.8. The Morgan fingerprint density at radius 2 is 1.43 bits per heavy atom. The topological polar surface area (TPSA) is 107 Å². The van der Waals surface area contributed by atoms with Gasteiger partial charge in [-0.1, -0.05) is 67.8 Å². The number of urea groups is 1. The Morgan fingerprint density at radius 3 is 2.06 bits per heavy atom. The fraction of sp³-hybridized carbons (Fsp3) is 0.425. The fourth-order valence-electron chi connectivity index (χ4n) is 6.21. The largest absolute Gasteiger partial charge is 0.443 e. The molecule has 0 radical (unpaired) electrons. The Morgan fingerprint density at radius 1 is 0.824 bits per heavy atom. The zero-order valence-corrected chi connectivity index (χ0v) is 31.1. The van der Waals surface area contributed by atoms with Gasteiger partial charge in [0.25, 0.3) is 0 Å². The third-order valence-corrected chi connectivity index (χ3v) is 8.58. The molecule has 11 heteroatoms. The van der Waals surface area contributed by atoms with E-state index in [0.29, 0.717) is 17.9 Å². The van der Waals surface area contributed by atoms with E-state index in [1.807, 2.05) is 72.8 Å². The van der Waals surface area contributed by atoms with Gasteiger partial charge >= 0.3 is 18.2 Å². The number of amides is 4. The summed E-state index contributed by atoms with van der Waals surface area (Å²) in [5.74, 6) is 0.258. The van der Waals surface area contributed by atoms with Crippen LogP contribution in [-0.4, -0.2) is 65.1 Å². The Labute approximate surface area is 301 Å². The standard InChI is InChI=1S/C40H50N6O5/c1-39(2,3)50-36(47)41-35(44(8)38(49)51-40(4,5)6)43(7)30-23-25-31(26-24-30)46-33-22-16-15-21-32(33)34(29-19-13-10-14-20-29)42-45(37(46)48)27-28-17-11-9-12-18-28/h9,11-12,15-18,21-26,29H,10,13-14,19-20,27H2,1-8H3. The molecule has 270 valence electrons. The second-order valence-corrected chi connectivity index (χ2v) is 15.0. The number of nitrogens with zero attached hydrogens (tertiary/aromatic N) is 6. The Bertz CT molecular complexity index is 1770. The second kappa shape index (κ2) is 15.4. The average molecular weight is 695 g/mol. The van der Waals surface area contributed by atoms with Crippen molar-refractivity contribution >= 4 is 47.0 Å². The number of fused-ring (bicyclic) bond motifs is 1. The first kappa shape index (κ1) is 37.1. The van der Waals surface area contributed by atoms with Gasteiger partial charge in [0.1, 0.15) is 11.2 Å². The minimum absolute atomic E-state index is 0.00186. The number of hydrazone groups is 1.